The molecular weight excluding hydrogens is 324 g/mol. The third-order valence-corrected chi connectivity index (χ3v) is 4.97. The maximum absolute atomic E-state index is 5.75. The molecule has 0 saturated carbocycles. The fourth-order valence-electron chi connectivity index (χ4n) is 3.53. The Kier molecular flexibility index (Phi) is 4.64. The van der Waals surface area contributed by atoms with Crippen molar-refractivity contribution in [2.45, 2.75) is 45.6 Å². The van der Waals surface area contributed by atoms with E-state index >= 15 is 0 Å². The van der Waals surface area contributed by atoms with Crippen LogP contribution in [0.1, 0.15) is 44.0 Å². The zero-order valence-electron chi connectivity index (χ0n) is 15.7. The van der Waals surface area contributed by atoms with Crippen LogP contribution in [0.4, 0.5) is 5.82 Å². The fourth-order valence-corrected chi connectivity index (χ4v) is 3.53. The van der Waals surface area contributed by atoms with Gasteiger partial charge in [-0.15, -0.1) is 0 Å². The third kappa shape index (κ3) is 3.19. The van der Waals surface area contributed by atoms with Gasteiger partial charge in [-0.05, 0) is 31.2 Å². The first kappa shape index (κ1) is 17.0. The molecule has 4 rings (SSSR count). The number of fused-ring (bicyclic) bond motifs is 1. The molecule has 1 aromatic carbocycles. The highest BCUT2D eigenvalue weighted by molar-refractivity contribution is 5.80. The van der Waals surface area contributed by atoms with Gasteiger partial charge in [0.1, 0.15) is 5.82 Å². The van der Waals surface area contributed by atoms with E-state index < -0.39 is 0 Å². The Bertz CT molecular complexity index is 895. The number of aryl methyl sites for hydroxylation is 1. The van der Waals surface area contributed by atoms with E-state index in [1.54, 1.807) is 0 Å². The Morgan fingerprint density at radius 1 is 1.27 bits per heavy atom. The molecule has 1 N–H and O–H groups in total. The van der Waals surface area contributed by atoms with Crippen molar-refractivity contribution in [1.29, 1.82) is 0 Å². The van der Waals surface area contributed by atoms with Crippen LogP contribution in [0.5, 0.6) is 0 Å². The van der Waals surface area contributed by atoms with Gasteiger partial charge in [-0.25, -0.2) is 4.98 Å². The van der Waals surface area contributed by atoms with Crippen LogP contribution in [0.25, 0.3) is 16.8 Å². The van der Waals surface area contributed by atoms with Crippen LogP contribution >= 0.6 is 0 Å². The molecule has 26 heavy (non-hydrogen) atoms. The van der Waals surface area contributed by atoms with E-state index in [9.17, 15) is 0 Å². The number of anilines is 1. The molecule has 1 aliphatic rings. The van der Waals surface area contributed by atoms with E-state index in [0.717, 1.165) is 60.0 Å². The SMILES string of the molecule is Cc1nn2c(NC[C@@H]3CCCO3)cc(C(C)C)nc2c1-c1ccccc1. The largest absolute Gasteiger partial charge is 0.376 e. The van der Waals surface area contributed by atoms with Crippen molar-refractivity contribution in [3.8, 4) is 11.1 Å². The lowest BCUT2D eigenvalue weighted by Crippen LogP contribution is -2.20. The molecule has 0 aliphatic carbocycles. The van der Waals surface area contributed by atoms with Crippen molar-refractivity contribution in [2.75, 3.05) is 18.5 Å². The highest BCUT2D eigenvalue weighted by Gasteiger charge is 2.19. The molecule has 0 bridgehead atoms. The lowest BCUT2D eigenvalue weighted by Gasteiger charge is -2.15. The summed E-state index contributed by atoms with van der Waals surface area (Å²) in [5.74, 6) is 1.33. The Labute approximate surface area is 154 Å². The van der Waals surface area contributed by atoms with E-state index in [1.807, 2.05) is 10.6 Å². The zero-order chi connectivity index (χ0) is 18.1. The lowest BCUT2D eigenvalue weighted by molar-refractivity contribution is 0.120. The topological polar surface area (TPSA) is 51.5 Å². The van der Waals surface area contributed by atoms with Crippen LogP contribution in [0.3, 0.4) is 0 Å². The summed E-state index contributed by atoms with van der Waals surface area (Å²) < 4.78 is 7.70. The molecule has 1 saturated heterocycles. The van der Waals surface area contributed by atoms with Gasteiger partial charge in [0.15, 0.2) is 5.65 Å². The maximum Gasteiger partial charge on any atom is 0.165 e. The van der Waals surface area contributed by atoms with Gasteiger partial charge in [0, 0.05) is 30.5 Å². The van der Waals surface area contributed by atoms with Gasteiger partial charge in [-0.1, -0.05) is 44.2 Å². The second-order valence-corrected chi connectivity index (χ2v) is 7.30. The summed E-state index contributed by atoms with van der Waals surface area (Å²) in [4.78, 5) is 4.94. The number of ether oxygens (including phenoxy) is 1. The molecule has 5 nitrogen and oxygen atoms in total. The highest BCUT2D eigenvalue weighted by Crippen LogP contribution is 2.30. The lowest BCUT2D eigenvalue weighted by atomic mass is 10.1. The second-order valence-electron chi connectivity index (χ2n) is 7.30. The monoisotopic (exact) mass is 350 g/mol. The normalized spacial score (nSPS) is 17.3. The van der Waals surface area contributed by atoms with Crippen LogP contribution in [0.15, 0.2) is 36.4 Å². The number of hydrogen-bond donors (Lipinski definition) is 1. The number of rotatable bonds is 5. The molecule has 0 unspecified atom stereocenters. The predicted molar refractivity (Wildman–Crippen MR) is 105 cm³/mol. The summed E-state index contributed by atoms with van der Waals surface area (Å²) in [5.41, 5.74) is 5.23. The van der Waals surface area contributed by atoms with E-state index in [-0.39, 0.29) is 6.10 Å². The van der Waals surface area contributed by atoms with Crippen molar-refractivity contribution in [3.63, 3.8) is 0 Å². The van der Waals surface area contributed by atoms with Gasteiger partial charge in [0.05, 0.1) is 11.8 Å². The quantitative estimate of drug-likeness (QED) is 0.740. The van der Waals surface area contributed by atoms with Gasteiger partial charge < -0.3 is 10.1 Å². The summed E-state index contributed by atoms with van der Waals surface area (Å²) in [5, 5.41) is 8.34. The molecule has 0 radical (unpaired) electrons. The van der Waals surface area contributed by atoms with E-state index in [0.29, 0.717) is 5.92 Å². The molecule has 2 aromatic heterocycles. The molecule has 136 valence electrons. The minimum Gasteiger partial charge on any atom is -0.376 e. The average molecular weight is 350 g/mol. The van der Waals surface area contributed by atoms with Crippen molar-refractivity contribution < 1.29 is 4.74 Å². The highest BCUT2D eigenvalue weighted by atomic mass is 16.5. The van der Waals surface area contributed by atoms with Gasteiger partial charge in [0.2, 0.25) is 0 Å². The molecule has 0 amide bonds. The van der Waals surface area contributed by atoms with Crippen molar-refractivity contribution in [3.05, 3.63) is 47.8 Å². The average Bonchev–Trinajstić information content (AvgIpc) is 3.27. The number of benzene rings is 1. The standard InChI is InChI=1S/C21H26N4O/c1-14(2)18-12-19(22-13-17-10-7-11-26-17)25-21(23-18)20(15(3)24-25)16-8-5-4-6-9-16/h4-6,8-9,12,14,17,22H,7,10-11,13H2,1-3H3/t17-/m0/s1. The number of nitrogens with zero attached hydrogens (tertiary/aromatic N) is 3. The Morgan fingerprint density at radius 3 is 2.77 bits per heavy atom. The molecule has 3 heterocycles. The van der Waals surface area contributed by atoms with Crippen LogP contribution < -0.4 is 5.32 Å². The molecule has 1 atom stereocenters. The van der Waals surface area contributed by atoms with Crippen molar-refractivity contribution >= 4 is 11.5 Å². The predicted octanol–water partition coefficient (Wildman–Crippen LogP) is 4.42. The number of nitrogens with one attached hydrogen (secondary N) is 1. The van der Waals surface area contributed by atoms with Crippen LogP contribution in [0.2, 0.25) is 0 Å². The summed E-state index contributed by atoms with van der Waals surface area (Å²) >= 11 is 0. The Morgan fingerprint density at radius 2 is 2.08 bits per heavy atom. The molecule has 3 aromatic rings. The fraction of sp³-hybridized carbons (Fsp3) is 0.429. The maximum atomic E-state index is 5.75. The summed E-state index contributed by atoms with van der Waals surface area (Å²) in [6.45, 7) is 8.07. The van der Waals surface area contributed by atoms with Crippen LogP contribution in [-0.2, 0) is 4.74 Å². The second kappa shape index (κ2) is 7.08. The first-order chi connectivity index (χ1) is 12.6. The smallest absolute Gasteiger partial charge is 0.165 e. The van der Waals surface area contributed by atoms with Gasteiger partial charge >= 0.3 is 0 Å². The van der Waals surface area contributed by atoms with E-state index in [4.69, 9.17) is 14.8 Å². The molecule has 5 heteroatoms. The molecular formula is C21H26N4O. The van der Waals surface area contributed by atoms with Gasteiger partial charge in [0.25, 0.3) is 0 Å². The van der Waals surface area contributed by atoms with E-state index in [2.05, 4.69) is 56.4 Å². The molecule has 1 fully saturated rings. The minimum atomic E-state index is 0.283. The zero-order valence-corrected chi connectivity index (χ0v) is 15.7. The first-order valence-electron chi connectivity index (χ1n) is 9.44. The van der Waals surface area contributed by atoms with Gasteiger partial charge in [-0.3, -0.25) is 0 Å². The van der Waals surface area contributed by atoms with Crippen molar-refractivity contribution in [1.82, 2.24) is 14.6 Å². The number of hydrogen-bond acceptors (Lipinski definition) is 4. The van der Waals surface area contributed by atoms with Crippen LogP contribution in [0, 0.1) is 6.92 Å². The Balaban J connectivity index is 1.80. The number of aromatic nitrogens is 3. The third-order valence-electron chi connectivity index (χ3n) is 4.97. The Hall–Kier alpha value is -2.40. The molecule has 0 spiro atoms. The van der Waals surface area contributed by atoms with Gasteiger partial charge in [-0.2, -0.15) is 9.61 Å². The summed E-state index contributed by atoms with van der Waals surface area (Å²) in [6, 6.07) is 12.5. The summed E-state index contributed by atoms with van der Waals surface area (Å²) in [7, 11) is 0. The summed E-state index contributed by atoms with van der Waals surface area (Å²) in [6.07, 6.45) is 2.55. The first-order valence-corrected chi connectivity index (χ1v) is 9.44. The van der Waals surface area contributed by atoms with Crippen molar-refractivity contribution in [2.24, 2.45) is 0 Å². The van der Waals surface area contributed by atoms with E-state index in [1.165, 1.54) is 0 Å². The van der Waals surface area contributed by atoms with Crippen LogP contribution in [-0.4, -0.2) is 33.9 Å². The molecule has 1 aliphatic heterocycles. The minimum absolute atomic E-state index is 0.283.